The Morgan fingerprint density at radius 1 is 1.54 bits per heavy atom. The summed E-state index contributed by atoms with van der Waals surface area (Å²) in [6.45, 7) is 3.59. The van der Waals surface area contributed by atoms with Gasteiger partial charge in [-0.05, 0) is 24.1 Å². The van der Waals surface area contributed by atoms with Crippen molar-refractivity contribution < 1.29 is 19.1 Å². The van der Waals surface area contributed by atoms with E-state index in [0.717, 1.165) is 16.7 Å². The number of hydrogen-bond acceptors (Lipinski definition) is 4. The summed E-state index contributed by atoms with van der Waals surface area (Å²) in [4.78, 5) is 25.5. The van der Waals surface area contributed by atoms with Gasteiger partial charge in [-0.3, -0.25) is 9.69 Å². The van der Waals surface area contributed by atoms with Crippen LogP contribution in [-0.4, -0.2) is 32.2 Å². The van der Waals surface area contributed by atoms with Crippen LogP contribution in [0.1, 0.15) is 25.8 Å². The first-order valence-corrected chi connectivity index (χ1v) is 8.82. The third-order valence-corrected chi connectivity index (χ3v) is 5.47. The van der Waals surface area contributed by atoms with Gasteiger partial charge in [0.25, 0.3) is 5.91 Å². The molecule has 1 aliphatic rings. The summed E-state index contributed by atoms with van der Waals surface area (Å²) < 4.78 is 14.0. The van der Waals surface area contributed by atoms with Crippen LogP contribution in [0.2, 0.25) is 5.02 Å². The van der Waals surface area contributed by atoms with Crippen molar-refractivity contribution >= 4 is 57.9 Å². The van der Waals surface area contributed by atoms with Gasteiger partial charge < -0.3 is 5.11 Å². The van der Waals surface area contributed by atoms with E-state index in [9.17, 15) is 19.1 Å². The fraction of sp³-hybridized carbons (Fsp3) is 0.312. The number of amides is 1. The van der Waals surface area contributed by atoms with Gasteiger partial charge in [-0.25, -0.2) is 9.18 Å². The van der Waals surface area contributed by atoms with E-state index >= 15 is 0 Å². The Morgan fingerprint density at radius 2 is 2.21 bits per heavy atom. The molecule has 0 radical (unpaired) electrons. The maximum Gasteiger partial charge on any atom is 0.327 e. The number of thioether (sulfide) groups is 1. The molecule has 8 heteroatoms. The topological polar surface area (TPSA) is 57.6 Å². The molecule has 128 valence electrons. The molecular formula is C16H15ClFNO3S2. The lowest BCUT2D eigenvalue weighted by molar-refractivity contribution is -0.147. The predicted molar refractivity (Wildman–Crippen MR) is 97.3 cm³/mol. The van der Waals surface area contributed by atoms with Gasteiger partial charge in [-0.2, -0.15) is 0 Å². The van der Waals surface area contributed by atoms with Gasteiger partial charge in [0.2, 0.25) is 0 Å². The molecule has 1 aliphatic heterocycles. The summed E-state index contributed by atoms with van der Waals surface area (Å²) in [7, 11) is 0. The summed E-state index contributed by atoms with van der Waals surface area (Å²) in [5, 5.41) is 9.64. The van der Waals surface area contributed by atoms with Crippen LogP contribution < -0.4 is 0 Å². The quantitative estimate of drug-likeness (QED) is 0.606. The number of carbonyl (C=O) groups is 2. The van der Waals surface area contributed by atoms with Crippen LogP contribution in [0.4, 0.5) is 4.39 Å². The molecule has 0 saturated carbocycles. The number of thiocarbonyl (C=S) groups is 1. The number of halogens is 2. The Morgan fingerprint density at radius 3 is 2.75 bits per heavy atom. The predicted octanol–water partition coefficient (Wildman–Crippen LogP) is 4.18. The first-order valence-electron chi connectivity index (χ1n) is 7.21. The molecule has 24 heavy (non-hydrogen) atoms. The molecule has 1 aromatic rings. The highest BCUT2D eigenvalue weighted by molar-refractivity contribution is 8.26. The monoisotopic (exact) mass is 387 g/mol. The largest absolute Gasteiger partial charge is 0.480 e. The van der Waals surface area contributed by atoms with Gasteiger partial charge in [0.1, 0.15) is 16.2 Å². The first kappa shape index (κ1) is 18.9. The molecule has 2 rings (SSSR count). The van der Waals surface area contributed by atoms with Gasteiger partial charge in [-0.15, -0.1) is 0 Å². The lowest BCUT2D eigenvalue weighted by Crippen LogP contribution is -2.47. The first-order chi connectivity index (χ1) is 11.3. The molecule has 0 aliphatic carbocycles. The summed E-state index contributed by atoms with van der Waals surface area (Å²) in [5.41, 5.74) is 0.0788. The van der Waals surface area contributed by atoms with Crippen LogP contribution in [0.15, 0.2) is 23.1 Å². The van der Waals surface area contributed by atoms with E-state index in [1.54, 1.807) is 6.92 Å². The van der Waals surface area contributed by atoms with Crippen molar-refractivity contribution in [3.63, 3.8) is 0 Å². The minimum Gasteiger partial charge on any atom is -0.480 e. The number of nitrogens with zero attached hydrogens (tertiary/aromatic N) is 1. The third-order valence-electron chi connectivity index (χ3n) is 3.81. The van der Waals surface area contributed by atoms with Gasteiger partial charge in [-0.1, -0.05) is 61.9 Å². The van der Waals surface area contributed by atoms with E-state index in [4.69, 9.17) is 23.8 Å². The maximum atomic E-state index is 13.9. The van der Waals surface area contributed by atoms with Crippen molar-refractivity contribution in [3.05, 3.63) is 39.5 Å². The molecule has 1 amide bonds. The summed E-state index contributed by atoms with van der Waals surface area (Å²) in [5.74, 6) is -2.51. The smallest absolute Gasteiger partial charge is 0.327 e. The van der Waals surface area contributed by atoms with Crippen LogP contribution in [0.3, 0.4) is 0 Å². The van der Waals surface area contributed by atoms with Gasteiger partial charge in [0, 0.05) is 5.56 Å². The molecule has 0 spiro atoms. The highest BCUT2D eigenvalue weighted by Crippen LogP contribution is 2.37. The van der Waals surface area contributed by atoms with Crippen LogP contribution in [0.25, 0.3) is 6.08 Å². The fourth-order valence-corrected chi connectivity index (χ4v) is 3.86. The lowest BCUT2D eigenvalue weighted by Gasteiger charge is -2.27. The zero-order valence-corrected chi connectivity index (χ0v) is 15.3. The van der Waals surface area contributed by atoms with E-state index in [1.165, 1.54) is 24.3 Å². The van der Waals surface area contributed by atoms with Gasteiger partial charge in [0.15, 0.2) is 0 Å². The Hall–Kier alpha value is -1.44. The minimum atomic E-state index is -1.12. The molecule has 1 fully saturated rings. The van der Waals surface area contributed by atoms with E-state index in [1.807, 2.05) is 6.92 Å². The minimum absolute atomic E-state index is 0.0788. The van der Waals surface area contributed by atoms with Gasteiger partial charge in [0.05, 0.1) is 9.93 Å². The van der Waals surface area contributed by atoms with Crippen LogP contribution in [-0.2, 0) is 9.59 Å². The Bertz CT molecular complexity index is 718. The van der Waals surface area contributed by atoms with Crippen LogP contribution in [0, 0.1) is 11.7 Å². The van der Waals surface area contributed by atoms with Crippen molar-refractivity contribution in [2.45, 2.75) is 26.3 Å². The molecule has 1 heterocycles. The molecule has 1 N–H and O–H groups in total. The van der Waals surface area contributed by atoms with Crippen molar-refractivity contribution in [2.24, 2.45) is 5.92 Å². The normalized spacial score (nSPS) is 19.0. The van der Waals surface area contributed by atoms with Crippen molar-refractivity contribution in [1.82, 2.24) is 4.90 Å². The van der Waals surface area contributed by atoms with E-state index < -0.39 is 23.7 Å². The number of benzene rings is 1. The van der Waals surface area contributed by atoms with Crippen LogP contribution >= 0.6 is 35.6 Å². The zero-order chi connectivity index (χ0) is 18.0. The number of hydrogen-bond donors (Lipinski definition) is 1. The fourth-order valence-electron chi connectivity index (χ4n) is 2.33. The molecular weight excluding hydrogens is 373 g/mol. The van der Waals surface area contributed by atoms with Gasteiger partial charge >= 0.3 is 5.97 Å². The van der Waals surface area contributed by atoms with Crippen molar-refractivity contribution in [1.29, 1.82) is 0 Å². The van der Waals surface area contributed by atoms with Crippen LogP contribution in [0.5, 0.6) is 0 Å². The van der Waals surface area contributed by atoms with Crippen molar-refractivity contribution in [2.75, 3.05) is 0 Å². The van der Waals surface area contributed by atoms with E-state index in [0.29, 0.717) is 6.42 Å². The number of carboxylic acids is 1. The lowest BCUT2D eigenvalue weighted by atomic mass is 9.98. The third kappa shape index (κ3) is 3.63. The summed E-state index contributed by atoms with van der Waals surface area (Å²) in [6, 6.07) is 3.15. The Kier molecular flexibility index (Phi) is 6.01. The maximum absolute atomic E-state index is 13.9. The number of carbonyl (C=O) groups excluding carboxylic acids is 1. The number of rotatable bonds is 5. The molecule has 4 nitrogen and oxygen atoms in total. The molecule has 2 atom stereocenters. The number of aliphatic carboxylic acids is 1. The summed E-state index contributed by atoms with van der Waals surface area (Å²) >= 11 is 12.1. The molecule has 1 saturated heterocycles. The molecule has 0 aromatic heterocycles. The standard InChI is InChI=1S/C16H15ClFNO3S2/c1-3-8(2)13(15(21)22)19-14(20)12(24-16(19)23)7-9-10(17)5-4-6-11(9)18/h4-8,13H,3H2,1-2H3,(H,21,22)/b12-7-. The molecule has 0 bridgehead atoms. The van der Waals surface area contributed by atoms with E-state index in [2.05, 4.69) is 0 Å². The summed E-state index contributed by atoms with van der Waals surface area (Å²) in [6.07, 6.45) is 1.89. The molecule has 1 aromatic carbocycles. The highest BCUT2D eigenvalue weighted by atomic mass is 35.5. The second kappa shape index (κ2) is 7.63. The van der Waals surface area contributed by atoms with Crippen molar-refractivity contribution in [3.8, 4) is 0 Å². The Balaban J connectivity index is 2.42. The second-order valence-electron chi connectivity index (χ2n) is 5.36. The number of carboxylic acid groups (broad SMARTS) is 1. The highest BCUT2D eigenvalue weighted by Gasteiger charge is 2.42. The second-order valence-corrected chi connectivity index (χ2v) is 7.44. The molecule has 2 unspecified atom stereocenters. The zero-order valence-electron chi connectivity index (χ0n) is 13.0. The Labute approximate surface area is 153 Å². The average molecular weight is 388 g/mol. The SMILES string of the molecule is CCC(C)C(C(=O)O)N1C(=O)/C(=C/c2c(F)cccc2Cl)SC1=S. The van der Waals surface area contributed by atoms with E-state index in [-0.39, 0.29) is 25.7 Å². The average Bonchev–Trinajstić information content (AvgIpc) is 2.78.